The molecule has 4 saturated carbocycles. The number of rotatable bonds is 35. The highest BCUT2D eigenvalue weighted by molar-refractivity contribution is 5.80. The number of hydrogen-bond acceptors (Lipinski definition) is 45. The zero-order valence-electron chi connectivity index (χ0n) is 79.8. The predicted octanol–water partition coefficient (Wildman–Crippen LogP) is -5.33. The van der Waals surface area contributed by atoms with Gasteiger partial charge >= 0.3 is 23.9 Å². The number of hydrogen-bond donors (Lipinski definition) is 23. The van der Waals surface area contributed by atoms with Gasteiger partial charge in [0.05, 0.1) is 107 Å². The molecule has 8 aliphatic heterocycles. The van der Waals surface area contributed by atoms with Crippen LogP contribution in [0.5, 0.6) is 0 Å². The highest BCUT2D eigenvalue weighted by Crippen LogP contribution is 2.76. The van der Waals surface area contributed by atoms with Crippen molar-refractivity contribution >= 4 is 30.2 Å². The first-order chi connectivity index (χ1) is 64.6. The van der Waals surface area contributed by atoms with Crippen LogP contribution in [-0.4, -0.2) is 432 Å². The number of aliphatic hydroxyl groups excluding tert-OH is 19. The fourth-order valence-corrected chi connectivity index (χ4v) is 24.1. The van der Waals surface area contributed by atoms with E-state index in [-0.39, 0.29) is 56.8 Å². The molecular formula is C92H148O46. The molecule has 13 aliphatic rings. The molecule has 49 atom stereocenters. The van der Waals surface area contributed by atoms with Crippen molar-refractivity contribution in [3.8, 4) is 0 Å². The third-order valence-corrected chi connectivity index (χ3v) is 33.4. The van der Waals surface area contributed by atoms with Crippen molar-refractivity contribution < 1.29 is 227 Å². The first-order valence-electron chi connectivity index (χ1n) is 48.3. The van der Waals surface area contributed by atoms with Gasteiger partial charge in [-0.3, -0.25) is 14.4 Å². The summed E-state index contributed by atoms with van der Waals surface area (Å²) < 4.78 is 108. The molecule has 46 heteroatoms. The van der Waals surface area contributed by atoms with Gasteiger partial charge in [-0.1, -0.05) is 93.7 Å². The molecule has 8 heterocycles. The topological polar surface area (TPSA) is 717 Å². The molecule has 20 unspecified atom stereocenters. The van der Waals surface area contributed by atoms with Gasteiger partial charge in [0.25, 0.3) is 5.79 Å². The second-order valence-electron chi connectivity index (χ2n) is 42.8. The molecule has 0 aromatic carbocycles. The normalized spacial score (nSPS) is 48.7. The van der Waals surface area contributed by atoms with Gasteiger partial charge in [-0.15, -0.1) is 0 Å². The standard InChI is InChI=1S/C92H148O46/c1-13-38(3)48(126-57(102)25-43(98)24-49(39(4)14-2)127-78-66(111)62(107)52(31-94)129-78)23-42(97)26-58(103)132-73-59(104)40(5)124-80(74(73)135-77-68(113)64(109)70(41(6)125-77)133-76-69(114)71(47(100)33-123-76)137-92(120)37-121-36-89(92,118)35-96)136-83(117)90-22-21-84(7,8)27-45(90)44-15-16-54-85(9)19-18-56(86(10,34-95)53(85)17-20-87(54,11)88(44,12)29-55(90)101)131-81-72(134-79-67(112)63(108)61(106)51(30-93)130-79)50(28-91(119,138-81)82(115)116)128-75-65(110)60(105)46(99)32-122-75/h15,34,38-43,45-56,59-81,93-94,96-101,104-114,118-120H,13-14,16-33,35-37H2,1-12H3,(H,115,116)/t38-,39-,40?,41?,42-,43-,45?,46+,47?,48-,49-,50?,51?,52-,53?,54?,55+,56-,59+,60?,61-,62?,63?,64?,65?,66?,67?,68-,69?,70-,71-,72?,73?,74?,75-,76+,77-,78+,79-,80-,81+,85-,86-,87+,88+,89+,90+,91?,92+/m0/s1. The molecular weight excluding hydrogens is 1840 g/mol. The lowest BCUT2D eigenvalue weighted by atomic mass is 9.33. The number of aldehydes is 1. The van der Waals surface area contributed by atoms with E-state index >= 15 is 4.79 Å². The van der Waals surface area contributed by atoms with Gasteiger partial charge < -0.3 is 208 Å². The van der Waals surface area contributed by atoms with Gasteiger partial charge in [0.15, 0.2) is 55.5 Å². The zero-order valence-corrected chi connectivity index (χ0v) is 79.8. The fraction of sp³-hybridized carbons (Fsp3) is 0.924. The Kier molecular flexibility index (Phi) is 34.8. The molecule has 23 N–H and O–H groups in total. The van der Waals surface area contributed by atoms with Crippen molar-refractivity contribution in [1.82, 2.24) is 0 Å². The van der Waals surface area contributed by atoms with Gasteiger partial charge in [-0.05, 0) is 123 Å². The molecule has 0 spiro atoms. The zero-order chi connectivity index (χ0) is 101. The smallest absolute Gasteiger partial charge is 0.364 e. The minimum Gasteiger partial charge on any atom is -0.477 e. The molecule has 138 heavy (non-hydrogen) atoms. The lowest BCUT2D eigenvalue weighted by Gasteiger charge is -2.71. The van der Waals surface area contributed by atoms with Gasteiger partial charge in [-0.25, -0.2) is 4.79 Å². The third-order valence-electron chi connectivity index (χ3n) is 33.4. The number of allylic oxidation sites excluding steroid dienone is 2. The average Bonchev–Trinajstić information content (AvgIpc) is 0.789. The molecule has 0 bridgehead atoms. The maximum Gasteiger partial charge on any atom is 0.364 e. The summed E-state index contributed by atoms with van der Waals surface area (Å²) in [6.07, 6.45) is -60.5. The van der Waals surface area contributed by atoms with E-state index in [4.69, 9.17) is 85.3 Å². The van der Waals surface area contributed by atoms with Crippen LogP contribution in [0.1, 0.15) is 186 Å². The van der Waals surface area contributed by atoms with E-state index in [2.05, 4.69) is 19.9 Å². The number of esters is 3. The quantitative estimate of drug-likeness (QED) is 0.00704. The van der Waals surface area contributed by atoms with Crippen LogP contribution in [-0.2, 0) is 109 Å². The van der Waals surface area contributed by atoms with E-state index in [1.165, 1.54) is 13.8 Å². The summed E-state index contributed by atoms with van der Waals surface area (Å²) in [5.74, 6) is -13.6. The minimum absolute atomic E-state index is 0.00706. The van der Waals surface area contributed by atoms with Crippen molar-refractivity contribution in [3.05, 3.63) is 11.6 Å². The summed E-state index contributed by atoms with van der Waals surface area (Å²) in [5, 5.41) is 257. The Balaban J connectivity index is 0.766. The fourth-order valence-electron chi connectivity index (χ4n) is 24.1. The van der Waals surface area contributed by atoms with E-state index in [1.807, 2.05) is 27.7 Å². The van der Waals surface area contributed by atoms with Crippen LogP contribution in [0.4, 0.5) is 0 Å². The average molecular weight is 1990 g/mol. The minimum atomic E-state index is -3.23. The number of carboxylic acid groups (broad SMARTS) is 1. The molecule has 46 nitrogen and oxygen atoms in total. The summed E-state index contributed by atoms with van der Waals surface area (Å²) in [7, 11) is 0. The predicted molar refractivity (Wildman–Crippen MR) is 458 cm³/mol. The largest absolute Gasteiger partial charge is 0.477 e. The Bertz CT molecular complexity index is 4140. The van der Waals surface area contributed by atoms with Gasteiger partial charge in [0.1, 0.15) is 134 Å². The number of carboxylic acids is 1. The van der Waals surface area contributed by atoms with Crippen LogP contribution in [0.3, 0.4) is 0 Å². The van der Waals surface area contributed by atoms with Crippen LogP contribution in [0, 0.1) is 62.1 Å². The van der Waals surface area contributed by atoms with Crippen molar-refractivity contribution in [2.45, 2.75) is 424 Å². The number of fused-ring (bicyclic) bond motifs is 7. The van der Waals surface area contributed by atoms with Crippen molar-refractivity contribution in [3.63, 3.8) is 0 Å². The second kappa shape index (κ2) is 43.3. The highest BCUT2D eigenvalue weighted by atomic mass is 16.8. The van der Waals surface area contributed by atoms with Gasteiger partial charge in [0.2, 0.25) is 12.1 Å². The lowest BCUT2D eigenvalue weighted by Crippen LogP contribution is -2.69. The summed E-state index contributed by atoms with van der Waals surface area (Å²) in [5.41, 5.74) is -8.12. The maximum atomic E-state index is 16.5. The Morgan fingerprint density at radius 3 is 1.75 bits per heavy atom. The molecule has 8 saturated heterocycles. The van der Waals surface area contributed by atoms with E-state index in [0.717, 1.165) is 11.9 Å². The SMILES string of the molecule is CC[C@H](C)[C@H](C[C@H](O)CC(=O)OC1C(O[C@@H]2OC(C)[C@H](O[C@H]3OCC(O)[C@H](O[C@]4(O)COC[C@]4(O)CO)C3O)C(O)[C@@H]2O)[C@H](OC(=O)[C@]23CCC(C)(C)CC2C2=CCC4[C@@]5(C)CC[C@H](O[C@@H]6OC(O)(C(=O)O)CC(O[C@@H]7OC[C@@H](O)C(O)C7O)C6O[C@@H]6OC(CO)[C@H](O)C(O)C6O)[C@@](C)(C=O)C5CC[C@@]4(C)[C@]2(C)C[C@H]3O)OC(C)[C@H]1O)OC(=O)C[C@@H](O)C[C@H](O[C@@H]1O[C@@H](CO)C(O)C1O)[C@@H](C)CC. The van der Waals surface area contributed by atoms with Crippen molar-refractivity contribution in [2.24, 2.45) is 62.1 Å². The van der Waals surface area contributed by atoms with Crippen LogP contribution in [0.2, 0.25) is 0 Å². The number of ether oxygens (including phenoxy) is 18. The molecule has 0 aromatic rings. The first kappa shape index (κ1) is 111. The lowest BCUT2D eigenvalue weighted by molar-refractivity contribution is -0.410. The molecule has 0 amide bonds. The van der Waals surface area contributed by atoms with Crippen LogP contribution in [0.15, 0.2) is 11.6 Å². The first-order valence-corrected chi connectivity index (χ1v) is 48.3. The molecule has 12 fully saturated rings. The van der Waals surface area contributed by atoms with Crippen molar-refractivity contribution in [1.29, 1.82) is 0 Å². The highest BCUT2D eigenvalue weighted by Gasteiger charge is 2.74. The third kappa shape index (κ3) is 21.1. The monoisotopic (exact) mass is 1990 g/mol. The molecule has 792 valence electrons. The Morgan fingerprint density at radius 1 is 0.536 bits per heavy atom. The van der Waals surface area contributed by atoms with E-state index in [9.17, 15) is 137 Å². The van der Waals surface area contributed by atoms with E-state index in [0.29, 0.717) is 32.1 Å². The number of aliphatic carboxylic acids is 1. The number of carbonyl (C=O) groups excluding carboxylic acids is 4. The van der Waals surface area contributed by atoms with Gasteiger partial charge in [-0.2, -0.15) is 0 Å². The van der Waals surface area contributed by atoms with Crippen LogP contribution < -0.4 is 0 Å². The molecule has 0 aromatic heterocycles. The van der Waals surface area contributed by atoms with Crippen LogP contribution >= 0.6 is 0 Å². The Hall–Kier alpha value is -4.19. The molecule has 13 rings (SSSR count). The Morgan fingerprint density at radius 2 is 1.11 bits per heavy atom. The second-order valence-corrected chi connectivity index (χ2v) is 42.8. The van der Waals surface area contributed by atoms with Crippen molar-refractivity contribution in [2.75, 3.05) is 46.2 Å². The molecule has 0 radical (unpaired) electrons. The maximum absolute atomic E-state index is 16.5. The van der Waals surface area contributed by atoms with Gasteiger partial charge in [0, 0.05) is 19.3 Å². The summed E-state index contributed by atoms with van der Waals surface area (Å²) >= 11 is 0. The summed E-state index contributed by atoms with van der Waals surface area (Å²) in [6.45, 7) is 16.5. The number of carbonyl (C=O) groups is 5. The number of aliphatic hydroxyl groups is 22. The summed E-state index contributed by atoms with van der Waals surface area (Å²) in [4.78, 5) is 72.7. The summed E-state index contributed by atoms with van der Waals surface area (Å²) in [6, 6.07) is 0. The molecule has 5 aliphatic carbocycles. The van der Waals surface area contributed by atoms with E-state index < -0.39 is 384 Å². The Labute approximate surface area is 797 Å². The van der Waals surface area contributed by atoms with Crippen LogP contribution in [0.25, 0.3) is 0 Å². The van der Waals surface area contributed by atoms with E-state index in [1.54, 1.807) is 27.7 Å².